The Bertz CT molecular complexity index is 855. The molecule has 7 nitrogen and oxygen atoms in total. The topological polar surface area (TPSA) is 64.6 Å². The number of rotatable bonds is 9. The molecule has 0 saturated carbocycles. The van der Waals surface area contributed by atoms with Crippen LogP contribution in [0.1, 0.15) is 11.1 Å². The van der Waals surface area contributed by atoms with E-state index in [0.717, 1.165) is 11.1 Å². The Morgan fingerprint density at radius 2 is 1.58 bits per heavy atom. The molecule has 0 aliphatic carbocycles. The minimum absolute atomic E-state index is 0. The monoisotopic (exact) mass is 547 g/mol. The number of benzene rings is 2. The Morgan fingerprint density at radius 1 is 0.968 bits per heavy atom. The number of methoxy groups -OCH3 is 4. The first-order chi connectivity index (χ1) is 14.5. The van der Waals surface area contributed by atoms with Crippen LogP contribution in [-0.2, 0) is 13.0 Å². The summed E-state index contributed by atoms with van der Waals surface area (Å²) in [6.07, 6.45) is 0.653. The number of aliphatic imine (C=N–C) groups is 1. The standard InChI is InChI=1S/C22H30FN3O4.HI/c1-24-22(26(2)14-15-7-8-19(28-4)18(23)11-15)25-10-9-17-20(29-5)12-16(27-3)13-21(17)30-6;/h7-8,11-13H,9-10,14H2,1-6H3,(H,24,25);1H. The normalized spacial score (nSPS) is 10.7. The van der Waals surface area contributed by atoms with Crippen molar-refractivity contribution in [2.45, 2.75) is 13.0 Å². The van der Waals surface area contributed by atoms with Gasteiger partial charge in [-0.25, -0.2) is 4.39 Å². The first-order valence-corrected chi connectivity index (χ1v) is 9.50. The van der Waals surface area contributed by atoms with Crippen LogP contribution in [0.2, 0.25) is 0 Å². The molecule has 0 heterocycles. The van der Waals surface area contributed by atoms with Crippen LogP contribution in [0, 0.1) is 5.82 Å². The third-order valence-electron chi connectivity index (χ3n) is 4.68. The Hall–Kier alpha value is -2.43. The third-order valence-corrected chi connectivity index (χ3v) is 4.68. The van der Waals surface area contributed by atoms with Gasteiger partial charge in [0, 0.05) is 44.9 Å². The molecule has 0 bridgehead atoms. The van der Waals surface area contributed by atoms with Crippen molar-refractivity contribution in [2.24, 2.45) is 4.99 Å². The maximum absolute atomic E-state index is 13.9. The molecule has 2 aromatic rings. The van der Waals surface area contributed by atoms with Crippen LogP contribution >= 0.6 is 24.0 Å². The first kappa shape index (κ1) is 26.6. The second-order valence-corrected chi connectivity index (χ2v) is 6.56. The minimum Gasteiger partial charge on any atom is -0.496 e. The van der Waals surface area contributed by atoms with E-state index in [1.54, 1.807) is 34.4 Å². The molecule has 0 spiro atoms. The van der Waals surface area contributed by atoms with Crippen LogP contribution < -0.4 is 24.3 Å². The molecule has 0 fully saturated rings. The molecule has 0 saturated heterocycles. The highest BCUT2D eigenvalue weighted by atomic mass is 127. The number of guanidine groups is 1. The first-order valence-electron chi connectivity index (χ1n) is 9.50. The number of halogens is 2. The van der Waals surface area contributed by atoms with Gasteiger partial charge in [-0.1, -0.05) is 6.07 Å². The lowest BCUT2D eigenvalue weighted by molar-refractivity contribution is 0.368. The van der Waals surface area contributed by atoms with Crippen molar-refractivity contribution in [3.63, 3.8) is 0 Å². The van der Waals surface area contributed by atoms with Gasteiger partial charge in [0.15, 0.2) is 17.5 Å². The molecule has 0 aromatic heterocycles. The van der Waals surface area contributed by atoms with Gasteiger partial charge in [-0.05, 0) is 24.1 Å². The molecule has 9 heteroatoms. The number of hydrogen-bond donors (Lipinski definition) is 1. The summed E-state index contributed by atoms with van der Waals surface area (Å²) >= 11 is 0. The Kier molecular flexibility index (Phi) is 11.2. The second kappa shape index (κ2) is 13.1. The van der Waals surface area contributed by atoms with Crippen molar-refractivity contribution >= 4 is 29.9 Å². The lowest BCUT2D eigenvalue weighted by Crippen LogP contribution is -2.39. The van der Waals surface area contributed by atoms with Gasteiger partial charge in [0.2, 0.25) is 0 Å². The van der Waals surface area contributed by atoms with Crippen molar-refractivity contribution < 1.29 is 23.3 Å². The Morgan fingerprint density at radius 3 is 2.06 bits per heavy atom. The van der Waals surface area contributed by atoms with E-state index in [1.165, 1.54) is 13.2 Å². The van der Waals surface area contributed by atoms with Crippen molar-refractivity contribution in [2.75, 3.05) is 49.1 Å². The van der Waals surface area contributed by atoms with Crippen molar-refractivity contribution in [3.8, 4) is 23.0 Å². The number of nitrogens with one attached hydrogen (secondary N) is 1. The van der Waals surface area contributed by atoms with Crippen LogP contribution in [0.5, 0.6) is 23.0 Å². The molecule has 0 amide bonds. The molecule has 2 rings (SSSR count). The highest BCUT2D eigenvalue weighted by molar-refractivity contribution is 14.0. The van der Waals surface area contributed by atoms with Gasteiger partial charge in [0.25, 0.3) is 0 Å². The largest absolute Gasteiger partial charge is 0.496 e. The summed E-state index contributed by atoms with van der Waals surface area (Å²) in [5.74, 6) is 2.60. The maximum Gasteiger partial charge on any atom is 0.193 e. The Balaban J connectivity index is 0.00000480. The van der Waals surface area contributed by atoms with Gasteiger partial charge >= 0.3 is 0 Å². The number of nitrogens with zero attached hydrogens (tertiary/aromatic N) is 2. The van der Waals surface area contributed by atoms with Crippen LogP contribution in [0.4, 0.5) is 4.39 Å². The zero-order valence-corrected chi connectivity index (χ0v) is 21.2. The molecule has 0 aliphatic heterocycles. The van der Waals surface area contributed by atoms with Gasteiger partial charge in [0.1, 0.15) is 17.2 Å². The number of ether oxygens (including phenoxy) is 4. The van der Waals surface area contributed by atoms with Crippen molar-refractivity contribution in [1.82, 2.24) is 10.2 Å². The quantitative estimate of drug-likeness (QED) is 0.294. The molecular weight excluding hydrogens is 516 g/mol. The number of hydrogen-bond acceptors (Lipinski definition) is 5. The molecule has 0 aliphatic rings. The zero-order valence-electron chi connectivity index (χ0n) is 18.8. The molecule has 172 valence electrons. The van der Waals surface area contributed by atoms with E-state index in [4.69, 9.17) is 18.9 Å². The van der Waals surface area contributed by atoms with Crippen LogP contribution in [0.25, 0.3) is 0 Å². The predicted octanol–water partition coefficient (Wildman–Crippen LogP) is 3.73. The van der Waals surface area contributed by atoms with Crippen molar-refractivity contribution in [1.29, 1.82) is 0 Å². The van der Waals surface area contributed by atoms with E-state index in [9.17, 15) is 4.39 Å². The van der Waals surface area contributed by atoms with Crippen LogP contribution in [-0.4, -0.2) is 59.9 Å². The molecule has 0 unspecified atom stereocenters. The summed E-state index contributed by atoms with van der Waals surface area (Å²) in [4.78, 5) is 6.23. The van der Waals surface area contributed by atoms with Gasteiger partial charge in [-0.2, -0.15) is 0 Å². The molecule has 0 atom stereocenters. The van der Waals surface area contributed by atoms with E-state index in [0.29, 0.717) is 42.7 Å². The van der Waals surface area contributed by atoms with Gasteiger partial charge in [-0.3, -0.25) is 4.99 Å². The summed E-state index contributed by atoms with van der Waals surface area (Å²) < 4.78 is 35.2. The predicted molar refractivity (Wildman–Crippen MR) is 131 cm³/mol. The fourth-order valence-corrected chi connectivity index (χ4v) is 3.17. The third kappa shape index (κ3) is 7.05. The fraction of sp³-hybridized carbons (Fsp3) is 0.409. The smallest absolute Gasteiger partial charge is 0.193 e. The Labute approximate surface area is 200 Å². The fourth-order valence-electron chi connectivity index (χ4n) is 3.17. The maximum atomic E-state index is 13.9. The zero-order chi connectivity index (χ0) is 22.1. The van der Waals surface area contributed by atoms with E-state index < -0.39 is 0 Å². The summed E-state index contributed by atoms with van der Waals surface area (Å²) in [5, 5.41) is 3.32. The van der Waals surface area contributed by atoms with E-state index in [1.807, 2.05) is 30.1 Å². The van der Waals surface area contributed by atoms with Gasteiger partial charge in [-0.15, -0.1) is 24.0 Å². The molecular formula is C22H31FIN3O4. The highest BCUT2D eigenvalue weighted by Gasteiger charge is 2.14. The summed E-state index contributed by atoms with van der Waals surface area (Å²) in [6.45, 7) is 1.10. The molecule has 2 aromatic carbocycles. The average molecular weight is 547 g/mol. The van der Waals surface area contributed by atoms with E-state index in [2.05, 4.69) is 10.3 Å². The lowest BCUT2D eigenvalue weighted by Gasteiger charge is -2.23. The molecule has 31 heavy (non-hydrogen) atoms. The SMILES string of the molecule is CN=C(NCCc1c(OC)cc(OC)cc1OC)N(C)Cc1ccc(OC)c(F)c1.I. The van der Waals surface area contributed by atoms with E-state index >= 15 is 0 Å². The molecule has 0 radical (unpaired) electrons. The average Bonchev–Trinajstić information content (AvgIpc) is 2.76. The minimum atomic E-state index is -0.384. The summed E-state index contributed by atoms with van der Waals surface area (Å²) in [7, 11) is 9.89. The van der Waals surface area contributed by atoms with Crippen molar-refractivity contribution in [3.05, 3.63) is 47.3 Å². The summed E-state index contributed by atoms with van der Waals surface area (Å²) in [6, 6.07) is 8.58. The highest BCUT2D eigenvalue weighted by Crippen LogP contribution is 2.34. The lowest BCUT2D eigenvalue weighted by atomic mass is 10.1. The van der Waals surface area contributed by atoms with Gasteiger partial charge in [0.05, 0.1) is 28.4 Å². The van der Waals surface area contributed by atoms with Crippen LogP contribution in [0.15, 0.2) is 35.3 Å². The molecule has 1 N–H and O–H groups in total. The van der Waals surface area contributed by atoms with E-state index in [-0.39, 0.29) is 35.5 Å². The van der Waals surface area contributed by atoms with Gasteiger partial charge < -0.3 is 29.2 Å². The summed E-state index contributed by atoms with van der Waals surface area (Å²) in [5.41, 5.74) is 1.75. The second-order valence-electron chi connectivity index (χ2n) is 6.56. The van der Waals surface area contributed by atoms with Crippen LogP contribution in [0.3, 0.4) is 0 Å².